The Kier molecular flexibility index (Phi) is 3.16. The van der Waals surface area contributed by atoms with E-state index in [9.17, 15) is 15.3 Å². The van der Waals surface area contributed by atoms with Gasteiger partial charge in [-0.25, -0.2) is 0 Å². The first kappa shape index (κ1) is 15.2. The van der Waals surface area contributed by atoms with Crippen molar-refractivity contribution in [3.05, 3.63) is 12.2 Å². The van der Waals surface area contributed by atoms with Gasteiger partial charge in [0.15, 0.2) is 0 Å². The number of rotatable bonds is 0. The molecule has 0 spiro atoms. The normalized spacial score (nSPS) is 60.5. The smallest absolute Gasteiger partial charge is 0.0757 e. The summed E-state index contributed by atoms with van der Waals surface area (Å²) in [7, 11) is 0. The molecule has 0 aromatic carbocycles. The van der Waals surface area contributed by atoms with Crippen LogP contribution in [0.1, 0.15) is 58.8 Å². The minimum Gasteiger partial charge on any atom is -0.392 e. The van der Waals surface area contributed by atoms with Crippen molar-refractivity contribution in [3.63, 3.8) is 0 Å². The molecule has 124 valence electrons. The van der Waals surface area contributed by atoms with Crippen LogP contribution in [0.25, 0.3) is 0 Å². The zero-order valence-electron chi connectivity index (χ0n) is 13.8. The standard InChI is InChI=1S/C19H30O3/c1-17-8-5-13(20)11-12(17)3-4-15-14(17)6-9-18(2)16(21)7-10-19(15,18)22/h5,8,12-16,20-22H,3-4,6-7,9-11H2,1-2H3/t12?,13?,14-,15-,16?,17+,18-,19-/m1/s1. The molecule has 3 N–H and O–H groups in total. The first-order valence-corrected chi connectivity index (χ1v) is 9.09. The van der Waals surface area contributed by atoms with Crippen molar-refractivity contribution < 1.29 is 15.3 Å². The summed E-state index contributed by atoms with van der Waals surface area (Å²) in [4.78, 5) is 0. The van der Waals surface area contributed by atoms with Crippen LogP contribution in [-0.4, -0.2) is 33.1 Å². The monoisotopic (exact) mass is 306 g/mol. The van der Waals surface area contributed by atoms with Gasteiger partial charge in [0.25, 0.3) is 0 Å². The van der Waals surface area contributed by atoms with E-state index in [-0.39, 0.29) is 23.0 Å². The highest BCUT2D eigenvalue weighted by molar-refractivity contribution is 5.21. The van der Waals surface area contributed by atoms with Crippen LogP contribution in [-0.2, 0) is 0 Å². The number of hydrogen-bond acceptors (Lipinski definition) is 3. The van der Waals surface area contributed by atoms with E-state index in [2.05, 4.69) is 19.9 Å². The Morgan fingerprint density at radius 2 is 1.73 bits per heavy atom. The Labute approximate surface area is 133 Å². The number of aliphatic hydroxyl groups is 3. The average Bonchev–Trinajstić information content (AvgIpc) is 2.72. The van der Waals surface area contributed by atoms with E-state index in [1.54, 1.807) is 0 Å². The third kappa shape index (κ3) is 1.68. The van der Waals surface area contributed by atoms with Gasteiger partial charge in [0.05, 0.1) is 17.8 Å². The van der Waals surface area contributed by atoms with Crippen LogP contribution in [0.5, 0.6) is 0 Å². The maximum Gasteiger partial charge on any atom is 0.0757 e. The Morgan fingerprint density at radius 1 is 0.955 bits per heavy atom. The zero-order chi connectivity index (χ0) is 15.8. The van der Waals surface area contributed by atoms with E-state index in [4.69, 9.17) is 0 Å². The van der Waals surface area contributed by atoms with Crippen LogP contribution in [0, 0.1) is 28.6 Å². The molecule has 3 unspecified atom stereocenters. The topological polar surface area (TPSA) is 60.7 Å². The fraction of sp³-hybridized carbons (Fsp3) is 0.895. The van der Waals surface area contributed by atoms with Crippen LogP contribution in [0.2, 0.25) is 0 Å². The number of fused-ring (bicyclic) bond motifs is 5. The van der Waals surface area contributed by atoms with E-state index >= 15 is 0 Å². The van der Waals surface area contributed by atoms with Crippen molar-refractivity contribution in [2.45, 2.75) is 76.6 Å². The van der Waals surface area contributed by atoms with Gasteiger partial charge in [-0.05, 0) is 68.1 Å². The average molecular weight is 306 g/mol. The maximum atomic E-state index is 11.6. The Bertz CT molecular complexity index is 503. The minimum atomic E-state index is -0.701. The molecule has 0 aromatic rings. The molecule has 0 radical (unpaired) electrons. The minimum absolute atomic E-state index is 0.104. The quantitative estimate of drug-likeness (QED) is 0.603. The Balaban J connectivity index is 1.72. The van der Waals surface area contributed by atoms with E-state index < -0.39 is 5.60 Å². The summed E-state index contributed by atoms with van der Waals surface area (Å²) < 4.78 is 0. The fourth-order valence-electron chi connectivity index (χ4n) is 6.73. The SMILES string of the molecule is C[C@]12C=CC(O)CC1CC[C@@H]1[C@H]2CC[C@]2(C)C(O)CC[C@@]12O. The lowest BCUT2D eigenvalue weighted by Gasteiger charge is -2.62. The summed E-state index contributed by atoms with van der Waals surface area (Å²) in [6.45, 7) is 4.45. The molecule has 3 heteroatoms. The zero-order valence-corrected chi connectivity index (χ0v) is 13.8. The number of hydrogen-bond donors (Lipinski definition) is 3. The highest BCUT2D eigenvalue weighted by atomic mass is 16.3. The van der Waals surface area contributed by atoms with Crippen LogP contribution in [0.15, 0.2) is 12.2 Å². The van der Waals surface area contributed by atoms with Crippen LogP contribution in [0.4, 0.5) is 0 Å². The molecule has 22 heavy (non-hydrogen) atoms. The lowest BCUT2D eigenvalue weighted by Crippen LogP contribution is -2.62. The van der Waals surface area contributed by atoms with Gasteiger partial charge in [0.2, 0.25) is 0 Å². The molecule has 0 aliphatic heterocycles. The molecule has 0 aromatic heterocycles. The van der Waals surface area contributed by atoms with Gasteiger partial charge in [-0.1, -0.05) is 26.0 Å². The molecule has 3 nitrogen and oxygen atoms in total. The first-order chi connectivity index (χ1) is 10.3. The van der Waals surface area contributed by atoms with Crippen molar-refractivity contribution in [2.75, 3.05) is 0 Å². The summed E-state index contributed by atoms with van der Waals surface area (Å²) in [5.41, 5.74) is -0.921. The molecular weight excluding hydrogens is 276 g/mol. The van der Waals surface area contributed by atoms with Gasteiger partial charge in [-0.2, -0.15) is 0 Å². The molecule has 0 bridgehead atoms. The maximum absolute atomic E-state index is 11.6. The molecule has 4 aliphatic rings. The molecule has 0 heterocycles. The summed E-state index contributed by atoms with van der Waals surface area (Å²) >= 11 is 0. The van der Waals surface area contributed by atoms with Crippen LogP contribution >= 0.6 is 0 Å². The third-order valence-electron chi connectivity index (χ3n) is 8.31. The van der Waals surface area contributed by atoms with Crippen molar-refractivity contribution in [2.24, 2.45) is 28.6 Å². The lowest BCUT2D eigenvalue weighted by atomic mass is 9.45. The molecule has 0 amide bonds. The number of allylic oxidation sites excluding steroid dienone is 1. The highest BCUT2D eigenvalue weighted by Gasteiger charge is 2.66. The van der Waals surface area contributed by atoms with Crippen LogP contribution in [0.3, 0.4) is 0 Å². The van der Waals surface area contributed by atoms with E-state index in [0.717, 1.165) is 44.9 Å². The predicted molar refractivity (Wildman–Crippen MR) is 85.1 cm³/mol. The molecule has 4 aliphatic carbocycles. The second kappa shape index (κ2) is 4.58. The first-order valence-electron chi connectivity index (χ1n) is 9.09. The summed E-state index contributed by atoms with van der Waals surface area (Å²) in [5, 5.41) is 32.0. The second-order valence-corrected chi connectivity index (χ2v) is 8.95. The molecule has 8 atom stereocenters. The van der Waals surface area contributed by atoms with Gasteiger partial charge in [-0.15, -0.1) is 0 Å². The lowest BCUT2D eigenvalue weighted by molar-refractivity contribution is -0.203. The van der Waals surface area contributed by atoms with Crippen molar-refractivity contribution >= 4 is 0 Å². The van der Waals surface area contributed by atoms with Crippen LogP contribution < -0.4 is 0 Å². The highest BCUT2D eigenvalue weighted by Crippen LogP contribution is 2.66. The van der Waals surface area contributed by atoms with Gasteiger partial charge < -0.3 is 15.3 Å². The van der Waals surface area contributed by atoms with E-state index in [0.29, 0.717) is 17.8 Å². The van der Waals surface area contributed by atoms with Crippen molar-refractivity contribution in [1.82, 2.24) is 0 Å². The predicted octanol–water partition coefficient (Wildman–Crippen LogP) is 2.64. The van der Waals surface area contributed by atoms with Crippen molar-refractivity contribution in [3.8, 4) is 0 Å². The van der Waals surface area contributed by atoms with Crippen molar-refractivity contribution in [1.29, 1.82) is 0 Å². The van der Waals surface area contributed by atoms with Gasteiger partial charge in [0.1, 0.15) is 0 Å². The van der Waals surface area contributed by atoms with Gasteiger partial charge >= 0.3 is 0 Å². The molecule has 4 rings (SSSR count). The second-order valence-electron chi connectivity index (χ2n) is 8.95. The van der Waals surface area contributed by atoms with E-state index in [1.165, 1.54) is 0 Å². The molecule has 0 saturated heterocycles. The van der Waals surface area contributed by atoms with Gasteiger partial charge in [-0.3, -0.25) is 0 Å². The summed E-state index contributed by atoms with van der Waals surface area (Å²) in [6.07, 6.45) is 10.1. The van der Waals surface area contributed by atoms with Gasteiger partial charge in [0, 0.05) is 5.41 Å². The molecular formula is C19H30O3. The fourth-order valence-corrected chi connectivity index (χ4v) is 6.73. The van der Waals surface area contributed by atoms with E-state index in [1.807, 2.05) is 6.08 Å². The molecule has 3 fully saturated rings. The Hall–Kier alpha value is -0.380. The largest absolute Gasteiger partial charge is 0.392 e. The summed E-state index contributed by atoms with van der Waals surface area (Å²) in [6, 6.07) is 0. The third-order valence-corrected chi connectivity index (χ3v) is 8.31. The summed E-state index contributed by atoms with van der Waals surface area (Å²) in [5.74, 6) is 1.32. The Morgan fingerprint density at radius 3 is 2.50 bits per heavy atom. The number of aliphatic hydroxyl groups excluding tert-OH is 2. The molecule has 3 saturated carbocycles.